The average Bonchev–Trinajstić information content (AvgIpc) is 2.54. The fourth-order valence-corrected chi connectivity index (χ4v) is 2.65. The minimum Gasteiger partial charge on any atom is -0.378 e. The van der Waals surface area contributed by atoms with Gasteiger partial charge in [-0.1, -0.05) is 0 Å². The van der Waals surface area contributed by atoms with Gasteiger partial charge in [0.15, 0.2) is 0 Å². The zero-order valence-corrected chi connectivity index (χ0v) is 16.1. The first-order valence-corrected chi connectivity index (χ1v) is 10.2. The third-order valence-corrected chi connectivity index (χ3v) is 4.05. The molecule has 0 aromatic carbocycles. The van der Waals surface area contributed by atoms with Crippen LogP contribution >= 0.6 is 42.6 Å². The van der Waals surface area contributed by atoms with Crippen molar-refractivity contribution < 1.29 is 32.3 Å². The lowest BCUT2D eigenvalue weighted by atomic mass is 10.7. The van der Waals surface area contributed by atoms with Crippen LogP contribution < -0.4 is 0 Å². The van der Waals surface area contributed by atoms with Gasteiger partial charge in [0.1, 0.15) is 0 Å². The van der Waals surface area contributed by atoms with Crippen molar-refractivity contribution >= 4 is 42.6 Å². The highest BCUT2D eigenvalue weighted by Gasteiger charge is 2.26. The molecule has 7 nitrogen and oxygen atoms in total. The molecule has 0 aromatic heterocycles. The minimum absolute atomic E-state index is 0.0548. The van der Waals surface area contributed by atoms with E-state index in [0.29, 0.717) is 37.5 Å². The smallest absolute Gasteiger partial charge is 0.378 e. The zero-order valence-electron chi connectivity index (χ0n) is 12.9. The molecule has 0 amide bonds. The summed E-state index contributed by atoms with van der Waals surface area (Å²) in [5, 5.41) is 0. The monoisotopic (exact) mass is 416 g/mol. The number of halogens is 3. The van der Waals surface area contributed by atoms with Gasteiger partial charge in [-0.2, -0.15) is 0 Å². The van der Waals surface area contributed by atoms with E-state index in [4.69, 9.17) is 62.6 Å². The fraction of sp³-hybridized carbons (Fsp3) is 1.00. The third-order valence-electron chi connectivity index (χ3n) is 2.10. The van der Waals surface area contributed by atoms with Crippen LogP contribution in [0.5, 0.6) is 0 Å². The molecule has 0 aliphatic rings. The van der Waals surface area contributed by atoms with E-state index < -0.39 is 7.82 Å². The van der Waals surface area contributed by atoms with Crippen LogP contribution in [-0.2, 0) is 32.3 Å². The summed E-state index contributed by atoms with van der Waals surface area (Å²) >= 11 is 16.4. The van der Waals surface area contributed by atoms with Crippen molar-refractivity contribution in [3.8, 4) is 0 Å². The first-order chi connectivity index (χ1) is 11.2. The van der Waals surface area contributed by atoms with Gasteiger partial charge < -0.3 is 14.2 Å². The van der Waals surface area contributed by atoms with Gasteiger partial charge in [-0.3, -0.25) is 13.6 Å². The maximum atomic E-state index is 12.4. The van der Waals surface area contributed by atoms with Gasteiger partial charge >= 0.3 is 7.82 Å². The number of hydrogen-bond acceptors (Lipinski definition) is 7. The SMILES string of the molecule is O=P(OCCOCCCl)(OCCOCCCl)OCCOCCCl. The summed E-state index contributed by atoms with van der Waals surface area (Å²) < 4.78 is 43.3. The van der Waals surface area contributed by atoms with Crippen LogP contribution in [-0.4, -0.2) is 77.1 Å². The Kier molecular flexibility index (Phi) is 18.3. The summed E-state index contributed by atoms with van der Waals surface area (Å²) in [6, 6.07) is 0. The molecule has 0 atom stereocenters. The summed E-state index contributed by atoms with van der Waals surface area (Å²) in [5.74, 6) is 1.13. The van der Waals surface area contributed by atoms with Crippen molar-refractivity contribution in [2.24, 2.45) is 0 Å². The molecular weight excluding hydrogens is 393 g/mol. The molecule has 140 valence electrons. The standard InChI is InChI=1S/C12H24Cl3O7P/c13-1-4-17-7-10-20-23(16,21-11-8-18-5-2-14)22-12-9-19-6-3-15/h1-12H2. The van der Waals surface area contributed by atoms with Crippen LogP contribution in [0, 0.1) is 0 Å². The molecule has 11 heteroatoms. The number of hydrogen-bond donors (Lipinski definition) is 0. The summed E-state index contributed by atoms with van der Waals surface area (Å²) in [5.41, 5.74) is 0. The molecule has 0 radical (unpaired) electrons. The first kappa shape index (κ1) is 23.9. The molecule has 0 N–H and O–H groups in total. The summed E-state index contributed by atoms with van der Waals surface area (Å²) in [4.78, 5) is 0. The zero-order chi connectivity index (χ0) is 17.2. The van der Waals surface area contributed by atoms with Gasteiger partial charge in [-0.25, -0.2) is 4.57 Å². The van der Waals surface area contributed by atoms with Gasteiger partial charge in [-0.05, 0) is 0 Å². The molecule has 0 rings (SSSR count). The van der Waals surface area contributed by atoms with Crippen molar-refractivity contribution in [1.29, 1.82) is 0 Å². The molecule has 0 aliphatic carbocycles. The van der Waals surface area contributed by atoms with Gasteiger partial charge in [0.05, 0.1) is 59.5 Å². The summed E-state index contributed by atoms with van der Waals surface area (Å²) in [6.07, 6.45) is 0. The third kappa shape index (κ3) is 16.1. The van der Waals surface area contributed by atoms with Crippen molar-refractivity contribution in [1.82, 2.24) is 0 Å². The van der Waals surface area contributed by atoms with Gasteiger partial charge in [0.2, 0.25) is 0 Å². The Bertz CT molecular complexity index is 257. The van der Waals surface area contributed by atoms with Crippen LogP contribution in [0.3, 0.4) is 0 Å². The Hall–Kier alpha value is 0.860. The lowest BCUT2D eigenvalue weighted by Crippen LogP contribution is -2.12. The van der Waals surface area contributed by atoms with Crippen molar-refractivity contribution in [3.05, 3.63) is 0 Å². The Morgan fingerprint density at radius 3 is 1.09 bits per heavy atom. The van der Waals surface area contributed by atoms with Gasteiger partial charge in [0, 0.05) is 17.6 Å². The quantitative estimate of drug-likeness (QED) is 0.193. The average molecular weight is 418 g/mol. The first-order valence-electron chi connectivity index (χ1n) is 7.13. The molecule has 0 unspecified atom stereocenters. The Balaban J connectivity index is 4.03. The molecule has 23 heavy (non-hydrogen) atoms. The maximum absolute atomic E-state index is 12.4. The molecule has 0 aliphatic heterocycles. The van der Waals surface area contributed by atoms with Gasteiger partial charge in [-0.15, -0.1) is 34.8 Å². The Labute approximate surface area is 152 Å². The highest BCUT2D eigenvalue weighted by molar-refractivity contribution is 7.48. The second kappa shape index (κ2) is 17.7. The highest BCUT2D eigenvalue weighted by atomic mass is 35.5. The van der Waals surface area contributed by atoms with Crippen molar-refractivity contribution in [2.75, 3.05) is 77.1 Å². The van der Waals surface area contributed by atoms with Crippen molar-refractivity contribution in [2.45, 2.75) is 0 Å². The molecular formula is C12H24Cl3O7P. The number of alkyl halides is 3. The Morgan fingerprint density at radius 2 is 0.826 bits per heavy atom. The predicted molar refractivity (Wildman–Crippen MR) is 90.1 cm³/mol. The molecule has 0 saturated heterocycles. The maximum Gasteiger partial charge on any atom is 0.475 e. The second-order valence-electron chi connectivity index (χ2n) is 3.85. The largest absolute Gasteiger partial charge is 0.475 e. The molecule has 0 saturated carbocycles. The number of rotatable bonds is 18. The normalized spacial score (nSPS) is 12.0. The lowest BCUT2D eigenvalue weighted by molar-refractivity contribution is 0.0390. The topological polar surface area (TPSA) is 72.5 Å². The van der Waals surface area contributed by atoms with E-state index in [1.807, 2.05) is 0 Å². The van der Waals surface area contributed by atoms with E-state index in [9.17, 15) is 4.57 Å². The van der Waals surface area contributed by atoms with E-state index in [1.54, 1.807) is 0 Å². The number of ether oxygens (including phenoxy) is 3. The molecule has 0 spiro atoms. The predicted octanol–water partition coefficient (Wildman–Crippen LogP) is 2.91. The van der Waals surface area contributed by atoms with Crippen LogP contribution in [0.1, 0.15) is 0 Å². The summed E-state index contributed by atoms with van der Waals surface area (Å²) in [7, 11) is -3.70. The minimum atomic E-state index is -3.70. The van der Waals surface area contributed by atoms with Crippen LogP contribution in [0.4, 0.5) is 0 Å². The van der Waals surface area contributed by atoms with Crippen LogP contribution in [0.2, 0.25) is 0 Å². The highest BCUT2D eigenvalue weighted by Crippen LogP contribution is 2.49. The van der Waals surface area contributed by atoms with Crippen molar-refractivity contribution in [3.63, 3.8) is 0 Å². The number of phosphoric acid groups is 1. The molecule has 0 bridgehead atoms. The Morgan fingerprint density at radius 1 is 0.522 bits per heavy atom. The number of phosphoric ester groups is 1. The van der Waals surface area contributed by atoms with E-state index >= 15 is 0 Å². The molecule has 0 heterocycles. The van der Waals surface area contributed by atoms with E-state index in [0.717, 1.165) is 0 Å². The van der Waals surface area contributed by atoms with Crippen LogP contribution in [0.25, 0.3) is 0 Å². The van der Waals surface area contributed by atoms with E-state index in [2.05, 4.69) is 0 Å². The fourth-order valence-electron chi connectivity index (χ4n) is 1.21. The lowest BCUT2D eigenvalue weighted by Gasteiger charge is -2.18. The molecule has 0 fully saturated rings. The van der Waals surface area contributed by atoms with Crippen LogP contribution in [0.15, 0.2) is 0 Å². The summed E-state index contributed by atoms with van der Waals surface area (Å²) in [6.45, 7) is 2.01. The van der Waals surface area contributed by atoms with E-state index in [-0.39, 0.29) is 39.6 Å². The second-order valence-corrected chi connectivity index (χ2v) is 6.65. The van der Waals surface area contributed by atoms with Gasteiger partial charge in [0.25, 0.3) is 0 Å². The molecule has 0 aromatic rings. The van der Waals surface area contributed by atoms with E-state index in [1.165, 1.54) is 0 Å².